The van der Waals surface area contributed by atoms with Crippen LogP contribution >= 0.6 is 0 Å². The number of rotatable bonds is 3. The maximum Gasteiger partial charge on any atom is 0.172 e. The van der Waals surface area contributed by atoms with Crippen LogP contribution in [0.15, 0.2) is 49.2 Å². The van der Waals surface area contributed by atoms with Gasteiger partial charge in [-0.2, -0.15) is 5.10 Å². The van der Waals surface area contributed by atoms with Gasteiger partial charge in [-0.05, 0) is 12.1 Å². The summed E-state index contributed by atoms with van der Waals surface area (Å²) in [7, 11) is 0. The van der Waals surface area contributed by atoms with Gasteiger partial charge in [0.25, 0.3) is 0 Å². The van der Waals surface area contributed by atoms with Crippen molar-refractivity contribution >= 4 is 11.3 Å². The highest BCUT2D eigenvalue weighted by Crippen LogP contribution is 2.11. The van der Waals surface area contributed by atoms with Crippen LogP contribution in [0.3, 0.4) is 0 Å². The molecule has 0 saturated heterocycles. The van der Waals surface area contributed by atoms with E-state index in [0.29, 0.717) is 5.56 Å². The summed E-state index contributed by atoms with van der Waals surface area (Å²) in [6.07, 6.45) is 8.51. The zero-order chi connectivity index (χ0) is 12.4. The number of ketones is 1. The van der Waals surface area contributed by atoms with Crippen LogP contribution in [0.4, 0.5) is 0 Å². The Morgan fingerprint density at radius 3 is 3.00 bits per heavy atom. The van der Waals surface area contributed by atoms with Crippen molar-refractivity contribution in [3.63, 3.8) is 0 Å². The van der Waals surface area contributed by atoms with Gasteiger partial charge in [-0.15, -0.1) is 0 Å². The molecule has 0 bridgehead atoms. The van der Waals surface area contributed by atoms with Gasteiger partial charge >= 0.3 is 0 Å². The molecule has 0 radical (unpaired) electrons. The molecule has 3 aromatic heterocycles. The first-order chi connectivity index (χ1) is 8.84. The summed E-state index contributed by atoms with van der Waals surface area (Å²) in [5.41, 5.74) is 2.05. The third-order valence-corrected chi connectivity index (χ3v) is 2.69. The number of pyridine rings is 1. The SMILES string of the molecule is O=C(Cc1ccccn1)c1cnn2ccncc12. The number of aromatic nitrogens is 4. The van der Waals surface area contributed by atoms with E-state index in [1.165, 1.54) is 0 Å². The van der Waals surface area contributed by atoms with Gasteiger partial charge in [0.2, 0.25) is 0 Å². The summed E-state index contributed by atoms with van der Waals surface area (Å²) < 4.78 is 1.64. The van der Waals surface area contributed by atoms with E-state index in [2.05, 4.69) is 15.1 Å². The maximum atomic E-state index is 12.2. The fourth-order valence-corrected chi connectivity index (χ4v) is 1.81. The summed E-state index contributed by atoms with van der Waals surface area (Å²) in [5, 5.41) is 4.12. The quantitative estimate of drug-likeness (QED) is 0.649. The van der Waals surface area contributed by atoms with Crippen LogP contribution in [0.5, 0.6) is 0 Å². The Labute approximate surface area is 103 Å². The minimum absolute atomic E-state index is 0.00306. The van der Waals surface area contributed by atoms with Crippen molar-refractivity contribution in [2.75, 3.05) is 0 Å². The van der Waals surface area contributed by atoms with Crippen LogP contribution in [0.1, 0.15) is 16.1 Å². The van der Waals surface area contributed by atoms with Crippen LogP contribution < -0.4 is 0 Å². The fourth-order valence-electron chi connectivity index (χ4n) is 1.81. The van der Waals surface area contributed by atoms with Gasteiger partial charge in [-0.25, -0.2) is 4.52 Å². The molecule has 18 heavy (non-hydrogen) atoms. The molecule has 0 unspecified atom stereocenters. The van der Waals surface area contributed by atoms with E-state index in [1.54, 1.807) is 35.5 Å². The molecule has 3 rings (SSSR count). The highest BCUT2D eigenvalue weighted by molar-refractivity contribution is 6.02. The second kappa shape index (κ2) is 4.37. The Morgan fingerprint density at radius 1 is 1.22 bits per heavy atom. The van der Waals surface area contributed by atoms with Crippen molar-refractivity contribution in [2.45, 2.75) is 6.42 Å². The topological polar surface area (TPSA) is 60.2 Å². The molecule has 5 nitrogen and oxygen atoms in total. The van der Waals surface area contributed by atoms with Crippen LogP contribution in [0.25, 0.3) is 5.52 Å². The molecule has 0 fully saturated rings. The summed E-state index contributed by atoms with van der Waals surface area (Å²) in [5.74, 6) is -0.00306. The zero-order valence-corrected chi connectivity index (χ0v) is 9.52. The lowest BCUT2D eigenvalue weighted by Gasteiger charge is -1.98. The van der Waals surface area contributed by atoms with E-state index < -0.39 is 0 Å². The van der Waals surface area contributed by atoms with Crippen molar-refractivity contribution in [3.8, 4) is 0 Å². The first-order valence-electron chi connectivity index (χ1n) is 5.55. The summed E-state index contributed by atoms with van der Waals surface area (Å²) in [6, 6.07) is 5.53. The average Bonchev–Trinajstić information content (AvgIpc) is 2.84. The van der Waals surface area contributed by atoms with Crippen molar-refractivity contribution in [1.29, 1.82) is 0 Å². The second-order valence-electron chi connectivity index (χ2n) is 3.89. The Morgan fingerprint density at radius 2 is 2.17 bits per heavy atom. The van der Waals surface area contributed by atoms with Gasteiger partial charge in [-0.3, -0.25) is 14.8 Å². The monoisotopic (exact) mass is 238 g/mol. The normalized spacial score (nSPS) is 10.7. The molecule has 0 aliphatic carbocycles. The Kier molecular flexibility index (Phi) is 2.57. The van der Waals surface area contributed by atoms with Gasteiger partial charge in [-0.1, -0.05) is 6.07 Å². The number of hydrogen-bond donors (Lipinski definition) is 0. The van der Waals surface area contributed by atoms with Crippen molar-refractivity contribution in [2.24, 2.45) is 0 Å². The maximum absolute atomic E-state index is 12.2. The first-order valence-corrected chi connectivity index (χ1v) is 5.55. The molecule has 0 aromatic carbocycles. The van der Waals surface area contributed by atoms with Crippen LogP contribution in [0, 0.1) is 0 Å². The number of fused-ring (bicyclic) bond motifs is 1. The highest BCUT2D eigenvalue weighted by Gasteiger charge is 2.13. The minimum Gasteiger partial charge on any atom is -0.294 e. The van der Waals surface area contributed by atoms with Gasteiger partial charge in [0.1, 0.15) is 0 Å². The zero-order valence-electron chi connectivity index (χ0n) is 9.52. The van der Waals surface area contributed by atoms with E-state index >= 15 is 0 Å². The van der Waals surface area contributed by atoms with E-state index in [-0.39, 0.29) is 12.2 Å². The molecule has 0 aliphatic rings. The minimum atomic E-state index is -0.00306. The lowest BCUT2D eigenvalue weighted by atomic mass is 10.1. The fraction of sp³-hybridized carbons (Fsp3) is 0.0769. The number of Topliss-reactive ketones (excluding diaryl/α,β-unsaturated/α-hetero) is 1. The molecule has 0 aliphatic heterocycles. The molecule has 0 atom stereocenters. The summed E-state index contributed by atoms with van der Waals surface area (Å²) in [6.45, 7) is 0. The molecule has 5 heteroatoms. The van der Waals surface area contributed by atoms with Crippen molar-refractivity contribution < 1.29 is 4.79 Å². The predicted molar refractivity (Wildman–Crippen MR) is 65.3 cm³/mol. The summed E-state index contributed by atoms with van der Waals surface area (Å²) >= 11 is 0. The van der Waals surface area contributed by atoms with Gasteiger partial charge in [0, 0.05) is 24.3 Å². The summed E-state index contributed by atoms with van der Waals surface area (Å²) in [4.78, 5) is 20.3. The van der Waals surface area contributed by atoms with E-state index in [4.69, 9.17) is 0 Å². The van der Waals surface area contributed by atoms with E-state index in [0.717, 1.165) is 11.2 Å². The number of nitrogens with zero attached hydrogens (tertiary/aromatic N) is 4. The Balaban J connectivity index is 1.93. The number of carbonyl (C=O) groups excluding carboxylic acids is 1. The van der Waals surface area contributed by atoms with Crippen LogP contribution in [-0.4, -0.2) is 25.4 Å². The van der Waals surface area contributed by atoms with Crippen LogP contribution in [-0.2, 0) is 6.42 Å². The lowest BCUT2D eigenvalue weighted by Crippen LogP contribution is -2.04. The third-order valence-electron chi connectivity index (χ3n) is 2.69. The van der Waals surface area contributed by atoms with Crippen LogP contribution in [0.2, 0.25) is 0 Å². The smallest absolute Gasteiger partial charge is 0.172 e. The van der Waals surface area contributed by atoms with Gasteiger partial charge in [0.05, 0.1) is 29.9 Å². The molecule has 0 amide bonds. The Bertz CT molecular complexity index is 690. The van der Waals surface area contributed by atoms with E-state index in [1.807, 2.05) is 18.2 Å². The number of hydrogen-bond acceptors (Lipinski definition) is 4. The predicted octanol–water partition coefficient (Wildman–Crippen LogP) is 1.55. The first kappa shape index (κ1) is 10.6. The van der Waals surface area contributed by atoms with Crippen molar-refractivity contribution in [1.82, 2.24) is 19.6 Å². The standard InChI is InChI=1S/C13H10N4O/c18-13(7-10-3-1-2-4-15-10)11-8-16-17-6-5-14-9-12(11)17/h1-6,8-9H,7H2. The largest absolute Gasteiger partial charge is 0.294 e. The molecule has 3 heterocycles. The highest BCUT2D eigenvalue weighted by atomic mass is 16.1. The molecular formula is C13H10N4O. The average molecular weight is 238 g/mol. The molecule has 0 N–H and O–H groups in total. The molecular weight excluding hydrogens is 228 g/mol. The molecule has 3 aromatic rings. The second-order valence-corrected chi connectivity index (χ2v) is 3.89. The van der Waals surface area contributed by atoms with E-state index in [9.17, 15) is 4.79 Å². The third kappa shape index (κ3) is 1.86. The van der Waals surface area contributed by atoms with Crippen molar-refractivity contribution in [3.05, 3.63) is 60.4 Å². The van der Waals surface area contributed by atoms with Gasteiger partial charge in [0.15, 0.2) is 5.78 Å². The van der Waals surface area contributed by atoms with Gasteiger partial charge < -0.3 is 0 Å². The molecule has 0 spiro atoms. The molecule has 88 valence electrons. The number of carbonyl (C=O) groups is 1. The Hall–Kier alpha value is -2.56. The lowest BCUT2D eigenvalue weighted by molar-refractivity contribution is 0.0993. The molecule has 0 saturated carbocycles.